The summed E-state index contributed by atoms with van der Waals surface area (Å²) in [7, 11) is 1.59. The van der Waals surface area contributed by atoms with Crippen LogP contribution in [0, 0.1) is 0 Å². The van der Waals surface area contributed by atoms with Crippen LogP contribution >= 0.6 is 11.8 Å². The molecule has 3 aromatic carbocycles. The molecule has 38 heavy (non-hydrogen) atoms. The molecular weight excluding hydrogens is 494 g/mol. The number of hydrogen-bond acceptors (Lipinski definition) is 6. The van der Waals surface area contributed by atoms with Crippen molar-refractivity contribution in [3.63, 3.8) is 0 Å². The number of aromatic nitrogens is 3. The standard InChI is InChI=1S/C30H31N5O2S/c1-19(2)22-14-16-23(17-15-22)27-26(28(36)32-24-12-8-9-13-25(24)37-4)20(3)31-29-33-30(34-35(27)29)38-18-21-10-6-5-7-11-21/h5-17,19,27H,18H2,1-4H3,(H,32,36)(H,31,33,34)/t27-/m0/s1. The molecule has 1 aliphatic heterocycles. The molecular formula is C30H31N5O2S. The molecule has 8 heteroatoms. The largest absolute Gasteiger partial charge is 0.495 e. The van der Waals surface area contributed by atoms with Crippen molar-refractivity contribution in [2.24, 2.45) is 0 Å². The second-order valence-corrected chi connectivity index (χ2v) is 10.4. The molecule has 0 bridgehead atoms. The molecule has 7 nitrogen and oxygen atoms in total. The molecule has 1 atom stereocenters. The number of rotatable bonds is 8. The van der Waals surface area contributed by atoms with Gasteiger partial charge in [0, 0.05) is 11.4 Å². The SMILES string of the molecule is COc1ccccc1NC(=O)C1=C(C)Nc2nc(SCc3ccccc3)nn2[C@H]1c1ccc(C(C)C)cc1. The Kier molecular flexibility index (Phi) is 7.51. The fourth-order valence-electron chi connectivity index (χ4n) is 4.52. The van der Waals surface area contributed by atoms with Gasteiger partial charge in [-0.05, 0) is 41.7 Å². The minimum absolute atomic E-state index is 0.225. The van der Waals surface area contributed by atoms with E-state index in [0.717, 1.165) is 17.0 Å². The molecule has 0 radical (unpaired) electrons. The summed E-state index contributed by atoms with van der Waals surface area (Å²) >= 11 is 1.57. The molecule has 4 aromatic rings. The summed E-state index contributed by atoms with van der Waals surface area (Å²) in [6.45, 7) is 6.24. The lowest BCUT2D eigenvalue weighted by Gasteiger charge is -2.29. The fourth-order valence-corrected chi connectivity index (χ4v) is 5.30. The molecule has 2 N–H and O–H groups in total. The van der Waals surface area contributed by atoms with E-state index in [2.05, 4.69) is 60.9 Å². The second-order valence-electron chi connectivity index (χ2n) is 9.48. The number of para-hydroxylation sites is 2. The lowest BCUT2D eigenvalue weighted by atomic mass is 9.92. The maximum Gasteiger partial charge on any atom is 0.255 e. The predicted molar refractivity (Wildman–Crippen MR) is 153 cm³/mol. The number of allylic oxidation sites excluding steroid dienone is 1. The number of methoxy groups -OCH3 is 1. The molecule has 1 aromatic heterocycles. The Morgan fingerprint density at radius 3 is 2.47 bits per heavy atom. The lowest BCUT2D eigenvalue weighted by Crippen LogP contribution is -2.31. The van der Waals surface area contributed by atoms with Crippen LogP contribution in [0.15, 0.2) is 95.3 Å². The summed E-state index contributed by atoms with van der Waals surface area (Å²) < 4.78 is 7.27. The Labute approximate surface area is 227 Å². The summed E-state index contributed by atoms with van der Waals surface area (Å²) in [6.07, 6.45) is 0. The van der Waals surface area contributed by atoms with Gasteiger partial charge in [-0.15, -0.1) is 5.10 Å². The minimum Gasteiger partial charge on any atom is -0.495 e. The number of fused-ring (bicyclic) bond motifs is 1. The van der Waals surface area contributed by atoms with E-state index in [1.807, 2.05) is 54.1 Å². The first-order valence-electron chi connectivity index (χ1n) is 12.6. The number of nitrogens with zero attached hydrogens (tertiary/aromatic N) is 3. The average Bonchev–Trinajstić information content (AvgIpc) is 3.34. The zero-order valence-corrected chi connectivity index (χ0v) is 22.8. The van der Waals surface area contributed by atoms with E-state index in [1.54, 1.807) is 18.9 Å². The van der Waals surface area contributed by atoms with Crippen LogP contribution in [0.4, 0.5) is 11.6 Å². The number of carbonyl (C=O) groups excluding carboxylic acids is 1. The molecule has 1 amide bonds. The average molecular weight is 526 g/mol. The fraction of sp³-hybridized carbons (Fsp3) is 0.233. The predicted octanol–water partition coefficient (Wildman–Crippen LogP) is 6.63. The van der Waals surface area contributed by atoms with Crippen LogP contribution in [0.1, 0.15) is 49.4 Å². The third-order valence-electron chi connectivity index (χ3n) is 6.56. The Hall–Kier alpha value is -4.04. The van der Waals surface area contributed by atoms with Crippen LogP contribution in [-0.2, 0) is 10.5 Å². The van der Waals surface area contributed by atoms with Crippen molar-refractivity contribution in [3.8, 4) is 5.75 Å². The van der Waals surface area contributed by atoms with Gasteiger partial charge in [-0.25, -0.2) is 4.68 Å². The molecule has 5 rings (SSSR count). The Bertz CT molecular complexity index is 1460. The lowest BCUT2D eigenvalue weighted by molar-refractivity contribution is -0.113. The first-order chi connectivity index (χ1) is 18.4. The first-order valence-corrected chi connectivity index (χ1v) is 13.6. The van der Waals surface area contributed by atoms with E-state index >= 15 is 0 Å². The maximum absolute atomic E-state index is 13.8. The van der Waals surface area contributed by atoms with Crippen LogP contribution in [0.5, 0.6) is 5.75 Å². The van der Waals surface area contributed by atoms with E-state index in [0.29, 0.717) is 34.0 Å². The van der Waals surface area contributed by atoms with Crippen molar-refractivity contribution in [1.29, 1.82) is 0 Å². The zero-order valence-electron chi connectivity index (χ0n) is 21.9. The minimum atomic E-state index is -0.444. The van der Waals surface area contributed by atoms with E-state index in [9.17, 15) is 4.79 Å². The summed E-state index contributed by atoms with van der Waals surface area (Å²) in [4.78, 5) is 18.6. The molecule has 0 unspecified atom stereocenters. The third-order valence-corrected chi connectivity index (χ3v) is 7.47. The van der Waals surface area contributed by atoms with Crippen LogP contribution in [0.25, 0.3) is 0 Å². The third kappa shape index (κ3) is 5.31. The summed E-state index contributed by atoms with van der Waals surface area (Å²) in [6, 6.07) is 25.6. The summed E-state index contributed by atoms with van der Waals surface area (Å²) in [5.41, 5.74) is 5.32. The van der Waals surface area contributed by atoms with Crippen LogP contribution in [-0.4, -0.2) is 27.8 Å². The van der Waals surface area contributed by atoms with Gasteiger partial charge in [0.1, 0.15) is 11.8 Å². The quantitative estimate of drug-likeness (QED) is 0.251. The zero-order chi connectivity index (χ0) is 26.6. The number of nitrogens with one attached hydrogen (secondary N) is 2. The number of carbonyl (C=O) groups is 1. The van der Waals surface area contributed by atoms with E-state index in [-0.39, 0.29) is 5.91 Å². The van der Waals surface area contributed by atoms with E-state index in [4.69, 9.17) is 14.8 Å². The van der Waals surface area contributed by atoms with Crippen LogP contribution in [0.2, 0.25) is 0 Å². The number of ether oxygens (including phenoxy) is 1. The topological polar surface area (TPSA) is 81.1 Å². The number of benzene rings is 3. The molecule has 0 spiro atoms. The van der Waals surface area contributed by atoms with Gasteiger partial charge in [-0.3, -0.25) is 4.79 Å². The van der Waals surface area contributed by atoms with Gasteiger partial charge in [0.15, 0.2) is 0 Å². The Morgan fingerprint density at radius 1 is 1.05 bits per heavy atom. The second kappa shape index (κ2) is 11.1. The van der Waals surface area contributed by atoms with Crippen molar-refractivity contribution >= 4 is 29.3 Å². The smallest absolute Gasteiger partial charge is 0.255 e. The molecule has 1 aliphatic rings. The first kappa shape index (κ1) is 25.6. The summed E-state index contributed by atoms with van der Waals surface area (Å²) in [5, 5.41) is 11.9. The van der Waals surface area contributed by atoms with Gasteiger partial charge in [-0.2, -0.15) is 4.98 Å². The van der Waals surface area contributed by atoms with Crippen LogP contribution in [0.3, 0.4) is 0 Å². The number of amides is 1. The van der Waals surface area contributed by atoms with Gasteiger partial charge >= 0.3 is 0 Å². The highest BCUT2D eigenvalue weighted by Gasteiger charge is 2.34. The molecule has 0 saturated carbocycles. The molecule has 0 fully saturated rings. The van der Waals surface area contributed by atoms with Gasteiger partial charge in [0.05, 0.1) is 18.4 Å². The van der Waals surface area contributed by atoms with Crippen molar-refractivity contribution in [3.05, 3.63) is 107 Å². The Balaban J connectivity index is 1.51. The van der Waals surface area contributed by atoms with Crippen molar-refractivity contribution in [2.45, 2.75) is 43.6 Å². The van der Waals surface area contributed by atoms with Crippen molar-refractivity contribution in [1.82, 2.24) is 14.8 Å². The Morgan fingerprint density at radius 2 is 1.76 bits per heavy atom. The highest BCUT2D eigenvalue weighted by molar-refractivity contribution is 7.98. The van der Waals surface area contributed by atoms with Crippen molar-refractivity contribution < 1.29 is 9.53 Å². The highest BCUT2D eigenvalue weighted by Crippen LogP contribution is 2.38. The number of anilines is 2. The maximum atomic E-state index is 13.8. The monoisotopic (exact) mass is 525 g/mol. The van der Waals surface area contributed by atoms with Gasteiger partial charge in [0.25, 0.3) is 5.91 Å². The van der Waals surface area contributed by atoms with Crippen LogP contribution < -0.4 is 15.4 Å². The molecule has 0 saturated heterocycles. The number of hydrogen-bond donors (Lipinski definition) is 2. The summed E-state index contributed by atoms with van der Waals surface area (Å²) in [5.74, 6) is 2.15. The van der Waals surface area contributed by atoms with E-state index in [1.165, 1.54) is 11.1 Å². The highest BCUT2D eigenvalue weighted by atomic mass is 32.2. The van der Waals surface area contributed by atoms with Gasteiger partial charge in [0.2, 0.25) is 11.1 Å². The molecule has 194 valence electrons. The molecule has 0 aliphatic carbocycles. The van der Waals surface area contributed by atoms with E-state index < -0.39 is 6.04 Å². The van der Waals surface area contributed by atoms with Gasteiger partial charge in [-0.1, -0.05) is 92.3 Å². The molecule has 2 heterocycles. The number of thioether (sulfide) groups is 1. The van der Waals surface area contributed by atoms with Gasteiger partial charge < -0.3 is 15.4 Å². The normalized spacial score (nSPS) is 14.7. The van der Waals surface area contributed by atoms with Crippen molar-refractivity contribution in [2.75, 3.05) is 17.7 Å².